The molecule has 98 valence electrons. The van der Waals surface area contributed by atoms with E-state index in [0.717, 1.165) is 6.33 Å². The first kappa shape index (κ1) is 12.5. The molecule has 0 amide bonds. The van der Waals surface area contributed by atoms with Crippen LogP contribution in [0.5, 0.6) is 5.75 Å². The number of nitro groups is 2. The van der Waals surface area contributed by atoms with E-state index >= 15 is 0 Å². The minimum atomic E-state index is -0.640. The van der Waals surface area contributed by atoms with Crippen LogP contribution < -0.4 is 4.74 Å². The van der Waals surface area contributed by atoms with Gasteiger partial charge >= 0.3 is 11.5 Å². The Hall–Kier alpha value is -2.97. The number of nitrogens with one attached hydrogen (secondary N) is 1. The number of H-pyrrole nitrogens is 1. The fourth-order valence-electron chi connectivity index (χ4n) is 1.62. The molecule has 0 radical (unpaired) electrons. The number of methoxy groups -OCH3 is 1. The molecule has 0 aliphatic rings. The van der Waals surface area contributed by atoms with Crippen molar-refractivity contribution in [2.24, 2.45) is 0 Å². The molecule has 1 aromatic heterocycles. The van der Waals surface area contributed by atoms with Crippen molar-refractivity contribution in [3.8, 4) is 17.0 Å². The van der Waals surface area contributed by atoms with Crippen LogP contribution in [-0.2, 0) is 0 Å². The number of aromatic nitrogens is 2. The van der Waals surface area contributed by atoms with E-state index in [1.54, 1.807) is 0 Å². The van der Waals surface area contributed by atoms with Crippen molar-refractivity contribution >= 4 is 11.5 Å². The number of rotatable bonds is 4. The van der Waals surface area contributed by atoms with Gasteiger partial charge in [-0.25, -0.2) is 9.97 Å². The van der Waals surface area contributed by atoms with E-state index in [9.17, 15) is 20.2 Å². The molecule has 0 aliphatic carbocycles. The van der Waals surface area contributed by atoms with Crippen molar-refractivity contribution in [2.45, 2.75) is 0 Å². The maximum absolute atomic E-state index is 10.9. The number of hydrogen-bond donors (Lipinski definition) is 1. The summed E-state index contributed by atoms with van der Waals surface area (Å²) in [7, 11) is 1.30. The quantitative estimate of drug-likeness (QED) is 0.664. The van der Waals surface area contributed by atoms with E-state index in [0.29, 0.717) is 0 Å². The maximum Gasteiger partial charge on any atom is 0.348 e. The Morgan fingerprint density at radius 2 is 2.00 bits per heavy atom. The third kappa shape index (κ3) is 2.20. The van der Waals surface area contributed by atoms with Gasteiger partial charge in [-0.15, -0.1) is 0 Å². The number of hydrogen-bond acceptors (Lipinski definition) is 6. The summed E-state index contributed by atoms with van der Waals surface area (Å²) in [6.07, 6.45) is 1.16. The van der Waals surface area contributed by atoms with Gasteiger partial charge in [0.15, 0.2) is 17.8 Å². The lowest BCUT2D eigenvalue weighted by molar-refractivity contribution is -0.388. The molecule has 9 heteroatoms. The van der Waals surface area contributed by atoms with Crippen LogP contribution in [0.4, 0.5) is 11.5 Å². The fourth-order valence-corrected chi connectivity index (χ4v) is 1.62. The van der Waals surface area contributed by atoms with Crippen molar-refractivity contribution in [3.63, 3.8) is 0 Å². The van der Waals surface area contributed by atoms with Gasteiger partial charge in [0, 0.05) is 11.6 Å². The van der Waals surface area contributed by atoms with Gasteiger partial charge in [-0.2, -0.15) is 0 Å². The van der Waals surface area contributed by atoms with E-state index in [-0.39, 0.29) is 28.5 Å². The predicted molar refractivity (Wildman–Crippen MR) is 63.9 cm³/mol. The van der Waals surface area contributed by atoms with Gasteiger partial charge in [-0.1, -0.05) is 0 Å². The highest BCUT2D eigenvalue weighted by Crippen LogP contribution is 2.34. The second kappa shape index (κ2) is 4.72. The number of nitrogens with zero attached hydrogens (tertiary/aromatic N) is 3. The van der Waals surface area contributed by atoms with Crippen LogP contribution in [0.2, 0.25) is 0 Å². The molecular formula is C10H8N4O5. The molecule has 0 saturated heterocycles. The van der Waals surface area contributed by atoms with Gasteiger partial charge in [-0.05, 0) is 17.1 Å². The van der Waals surface area contributed by atoms with Crippen LogP contribution in [0.1, 0.15) is 0 Å². The number of benzene rings is 1. The van der Waals surface area contributed by atoms with Crippen molar-refractivity contribution in [3.05, 3.63) is 44.8 Å². The Labute approximate surface area is 106 Å². The molecule has 0 spiro atoms. The van der Waals surface area contributed by atoms with Gasteiger partial charge in [0.25, 0.3) is 0 Å². The molecule has 19 heavy (non-hydrogen) atoms. The van der Waals surface area contributed by atoms with E-state index in [1.807, 2.05) is 0 Å². The van der Waals surface area contributed by atoms with Crippen LogP contribution >= 0.6 is 0 Å². The zero-order chi connectivity index (χ0) is 14.0. The molecule has 0 bridgehead atoms. The topological polar surface area (TPSA) is 124 Å². The normalized spacial score (nSPS) is 10.2. The fraction of sp³-hybridized carbons (Fsp3) is 0.100. The van der Waals surface area contributed by atoms with E-state index in [2.05, 4.69) is 9.97 Å². The molecule has 9 nitrogen and oxygen atoms in total. The largest absolute Gasteiger partial charge is 0.490 e. The average molecular weight is 264 g/mol. The maximum atomic E-state index is 10.9. The highest BCUT2D eigenvalue weighted by atomic mass is 16.6. The van der Waals surface area contributed by atoms with Gasteiger partial charge in [0.1, 0.15) is 0 Å². The standard InChI is InChI=1S/C10H8N4O5/c1-19-8-3-2-6(4-7(8)13(15)16)9-10(14(17)18)12-5-11-9/h2-5H,1H3,(H,11,12). The third-order valence-corrected chi connectivity index (χ3v) is 2.45. The van der Waals surface area contributed by atoms with Crippen LogP contribution in [0.3, 0.4) is 0 Å². The van der Waals surface area contributed by atoms with Crippen molar-refractivity contribution in [1.82, 2.24) is 9.97 Å². The Bertz CT molecular complexity index is 651. The lowest BCUT2D eigenvalue weighted by atomic mass is 10.1. The van der Waals surface area contributed by atoms with Gasteiger partial charge in [0.2, 0.25) is 0 Å². The highest BCUT2D eigenvalue weighted by molar-refractivity contribution is 5.71. The third-order valence-electron chi connectivity index (χ3n) is 2.45. The van der Waals surface area contributed by atoms with Crippen molar-refractivity contribution in [2.75, 3.05) is 7.11 Å². The second-order valence-electron chi connectivity index (χ2n) is 3.50. The Morgan fingerprint density at radius 3 is 2.58 bits per heavy atom. The van der Waals surface area contributed by atoms with Crippen LogP contribution in [0.15, 0.2) is 24.5 Å². The highest BCUT2D eigenvalue weighted by Gasteiger charge is 2.22. The molecule has 2 rings (SSSR count). The number of imidazole rings is 1. The lowest BCUT2D eigenvalue weighted by Crippen LogP contribution is -1.95. The summed E-state index contributed by atoms with van der Waals surface area (Å²) in [5, 5.41) is 21.7. The zero-order valence-electron chi connectivity index (χ0n) is 9.69. The lowest BCUT2D eigenvalue weighted by Gasteiger charge is -2.03. The Balaban J connectivity index is 2.57. The molecule has 1 heterocycles. The summed E-state index contributed by atoms with van der Waals surface area (Å²) < 4.78 is 4.85. The summed E-state index contributed by atoms with van der Waals surface area (Å²) >= 11 is 0. The summed E-state index contributed by atoms with van der Waals surface area (Å²) in [6, 6.07) is 4.02. The minimum Gasteiger partial charge on any atom is -0.490 e. The monoisotopic (exact) mass is 264 g/mol. The van der Waals surface area contributed by atoms with Crippen molar-refractivity contribution in [1.29, 1.82) is 0 Å². The first-order chi connectivity index (χ1) is 9.04. The van der Waals surface area contributed by atoms with E-state index < -0.39 is 9.85 Å². The smallest absolute Gasteiger partial charge is 0.348 e. The number of aromatic amines is 1. The zero-order valence-corrected chi connectivity index (χ0v) is 9.69. The van der Waals surface area contributed by atoms with Gasteiger partial charge in [0.05, 0.1) is 12.0 Å². The first-order valence-corrected chi connectivity index (χ1v) is 5.05. The Morgan fingerprint density at radius 1 is 1.26 bits per heavy atom. The van der Waals surface area contributed by atoms with E-state index in [1.165, 1.54) is 25.3 Å². The molecule has 2 aromatic rings. The summed E-state index contributed by atoms with van der Waals surface area (Å²) in [4.78, 5) is 26.6. The molecule has 1 aromatic carbocycles. The molecular weight excluding hydrogens is 256 g/mol. The van der Waals surface area contributed by atoms with Gasteiger partial charge < -0.3 is 14.9 Å². The van der Waals surface area contributed by atoms with Gasteiger partial charge in [-0.3, -0.25) is 10.1 Å². The molecule has 0 unspecified atom stereocenters. The molecule has 0 aliphatic heterocycles. The summed E-state index contributed by atoms with van der Waals surface area (Å²) in [5.74, 6) is -0.244. The average Bonchev–Trinajstić information content (AvgIpc) is 2.87. The minimum absolute atomic E-state index is 0.0377. The SMILES string of the molecule is COc1ccc(-c2nc[nH]c2[N+](=O)[O-])cc1[N+](=O)[O-]. The van der Waals surface area contributed by atoms with Crippen LogP contribution in [0, 0.1) is 20.2 Å². The predicted octanol–water partition coefficient (Wildman–Crippen LogP) is 1.90. The van der Waals surface area contributed by atoms with Crippen LogP contribution in [-0.4, -0.2) is 26.9 Å². The molecule has 0 atom stereocenters. The number of ether oxygens (including phenoxy) is 1. The second-order valence-corrected chi connectivity index (χ2v) is 3.50. The van der Waals surface area contributed by atoms with Crippen molar-refractivity contribution < 1.29 is 14.6 Å². The van der Waals surface area contributed by atoms with E-state index in [4.69, 9.17) is 4.74 Å². The molecule has 0 saturated carbocycles. The van der Waals surface area contributed by atoms with Crippen LogP contribution in [0.25, 0.3) is 11.3 Å². The summed E-state index contributed by atoms with van der Waals surface area (Å²) in [6.45, 7) is 0. The molecule has 0 fully saturated rings. The first-order valence-electron chi connectivity index (χ1n) is 5.05. The Kier molecular flexibility index (Phi) is 3.10. The summed E-state index contributed by atoms with van der Waals surface area (Å²) in [5.41, 5.74) is 0.0218. The number of nitro benzene ring substituents is 1. The molecule has 1 N–H and O–H groups in total.